The van der Waals surface area contributed by atoms with E-state index in [-0.39, 0.29) is 29.5 Å². The first kappa shape index (κ1) is 19.5. The van der Waals surface area contributed by atoms with Crippen molar-refractivity contribution >= 4 is 29.9 Å². The maximum Gasteiger partial charge on any atom is 0.192 e. The van der Waals surface area contributed by atoms with Crippen molar-refractivity contribution in [3.05, 3.63) is 60.1 Å². The number of halogens is 1. The van der Waals surface area contributed by atoms with E-state index in [1.165, 1.54) is 5.56 Å². The molecule has 0 atom stereocenters. The monoisotopic (exact) mass is 427 g/mol. The number of nitrogens with zero attached hydrogens (tertiary/aromatic N) is 1. The van der Waals surface area contributed by atoms with Gasteiger partial charge >= 0.3 is 0 Å². The van der Waals surface area contributed by atoms with E-state index in [1.807, 2.05) is 30.3 Å². The zero-order valence-corrected chi connectivity index (χ0v) is 16.3. The van der Waals surface area contributed by atoms with Crippen molar-refractivity contribution in [3.8, 4) is 0 Å². The van der Waals surface area contributed by atoms with Crippen molar-refractivity contribution in [2.45, 2.75) is 39.3 Å². The second kappa shape index (κ2) is 9.60. The summed E-state index contributed by atoms with van der Waals surface area (Å²) in [5.74, 6) is 1.80. The fourth-order valence-corrected chi connectivity index (χ4v) is 2.01. The van der Waals surface area contributed by atoms with Crippen LogP contribution in [-0.4, -0.2) is 18.0 Å². The third-order valence-electron chi connectivity index (χ3n) is 3.00. The average molecular weight is 427 g/mol. The highest BCUT2D eigenvalue weighted by Crippen LogP contribution is 2.03. The minimum atomic E-state index is -0.0345. The van der Waals surface area contributed by atoms with E-state index in [9.17, 15) is 0 Å². The Kier molecular flexibility index (Phi) is 8.16. The molecular weight excluding hydrogens is 401 g/mol. The Hall–Kier alpha value is -1.50. The number of hydrogen-bond acceptors (Lipinski definition) is 2. The van der Waals surface area contributed by atoms with Crippen molar-refractivity contribution < 1.29 is 4.42 Å². The van der Waals surface area contributed by atoms with Gasteiger partial charge in [-0.15, -0.1) is 24.0 Å². The normalized spacial score (nSPS) is 11.7. The molecule has 1 heterocycles. The van der Waals surface area contributed by atoms with Crippen LogP contribution in [0.25, 0.3) is 0 Å². The van der Waals surface area contributed by atoms with E-state index in [4.69, 9.17) is 4.42 Å². The van der Waals surface area contributed by atoms with Crippen molar-refractivity contribution in [1.29, 1.82) is 0 Å². The van der Waals surface area contributed by atoms with Crippen molar-refractivity contribution in [2.75, 3.05) is 6.54 Å². The Labute approximate surface area is 155 Å². The van der Waals surface area contributed by atoms with Crippen LogP contribution < -0.4 is 10.6 Å². The van der Waals surface area contributed by atoms with E-state index in [1.54, 1.807) is 6.26 Å². The molecule has 2 aromatic rings. The van der Waals surface area contributed by atoms with Crippen molar-refractivity contribution in [2.24, 2.45) is 4.99 Å². The van der Waals surface area contributed by atoms with Crippen LogP contribution in [0.4, 0.5) is 0 Å². The number of benzene rings is 1. The maximum atomic E-state index is 5.35. The topological polar surface area (TPSA) is 49.6 Å². The Morgan fingerprint density at radius 2 is 1.83 bits per heavy atom. The number of guanidine groups is 1. The van der Waals surface area contributed by atoms with Crippen LogP contribution in [0.15, 0.2) is 58.1 Å². The highest BCUT2D eigenvalue weighted by Gasteiger charge is 2.12. The molecule has 0 amide bonds. The van der Waals surface area contributed by atoms with Gasteiger partial charge in [0.2, 0.25) is 0 Å². The van der Waals surface area contributed by atoms with Gasteiger partial charge in [0.1, 0.15) is 5.76 Å². The minimum absolute atomic E-state index is 0. The smallest absolute Gasteiger partial charge is 0.192 e. The van der Waals surface area contributed by atoms with Gasteiger partial charge in [-0.1, -0.05) is 30.3 Å². The predicted octanol–water partition coefficient (Wildman–Crippen LogP) is 3.97. The van der Waals surface area contributed by atoms with Crippen LogP contribution in [0.3, 0.4) is 0 Å². The SMILES string of the molecule is CC(C)(C)NC(=NCc1ccccc1)NCCc1ccco1.I. The van der Waals surface area contributed by atoms with Crippen molar-refractivity contribution in [3.63, 3.8) is 0 Å². The summed E-state index contributed by atoms with van der Waals surface area (Å²) in [6, 6.07) is 14.1. The number of furan rings is 1. The summed E-state index contributed by atoms with van der Waals surface area (Å²) in [5.41, 5.74) is 1.16. The Bertz CT molecular complexity index is 574. The summed E-state index contributed by atoms with van der Waals surface area (Å²) in [4.78, 5) is 4.66. The van der Waals surface area contributed by atoms with Gasteiger partial charge in [0.05, 0.1) is 12.8 Å². The zero-order chi connectivity index (χ0) is 15.8. The molecule has 0 saturated carbocycles. The molecule has 0 bridgehead atoms. The molecule has 0 fully saturated rings. The molecule has 0 radical (unpaired) electrons. The number of nitrogens with one attached hydrogen (secondary N) is 2. The molecule has 0 spiro atoms. The van der Waals surface area contributed by atoms with Gasteiger partial charge in [0, 0.05) is 18.5 Å². The van der Waals surface area contributed by atoms with Crippen LogP contribution in [-0.2, 0) is 13.0 Å². The van der Waals surface area contributed by atoms with Crippen LogP contribution in [0, 0.1) is 0 Å². The molecule has 126 valence electrons. The lowest BCUT2D eigenvalue weighted by atomic mass is 10.1. The average Bonchev–Trinajstić information content (AvgIpc) is 2.97. The quantitative estimate of drug-likeness (QED) is 0.431. The third-order valence-corrected chi connectivity index (χ3v) is 3.00. The summed E-state index contributed by atoms with van der Waals surface area (Å²) >= 11 is 0. The zero-order valence-electron chi connectivity index (χ0n) is 14.0. The Balaban J connectivity index is 0.00000264. The van der Waals surface area contributed by atoms with E-state index in [0.29, 0.717) is 6.54 Å². The Morgan fingerprint density at radius 1 is 1.09 bits per heavy atom. The van der Waals surface area contributed by atoms with Crippen LogP contribution in [0.5, 0.6) is 0 Å². The lowest BCUT2D eigenvalue weighted by Crippen LogP contribution is -2.48. The van der Waals surface area contributed by atoms with Gasteiger partial charge in [-0.05, 0) is 38.5 Å². The first-order chi connectivity index (χ1) is 10.5. The first-order valence-corrected chi connectivity index (χ1v) is 7.66. The second-order valence-corrected chi connectivity index (χ2v) is 6.28. The molecule has 1 aromatic carbocycles. The molecule has 0 unspecified atom stereocenters. The summed E-state index contributed by atoms with van der Waals surface area (Å²) in [6.07, 6.45) is 2.54. The first-order valence-electron chi connectivity index (χ1n) is 7.66. The molecule has 0 aliphatic carbocycles. The Morgan fingerprint density at radius 3 is 2.43 bits per heavy atom. The lowest BCUT2D eigenvalue weighted by molar-refractivity contribution is 0.492. The molecule has 23 heavy (non-hydrogen) atoms. The molecule has 5 heteroatoms. The van der Waals surface area contributed by atoms with Gasteiger partial charge in [-0.25, -0.2) is 4.99 Å². The molecule has 0 aliphatic rings. The molecule has 0 saturated heterocycles. The summed E-state index contributed by atoms with van der Waals surface area (Å²) in [6.45, 7) is 7.81. The summed E-state index contributed by atoms with van der Waals surface area (Å²) in [7, 11) is 0. The largest absolute Gasteiger partial charge is 0.469 e. The number of hydrogen-bond donors (Lipinski definition) is 2. The van der Waals surface area contributed by atoms with Gasteiger partial charge in [-0.3, -0.25) is 0 Å². The van der Waals surface area contributed by atoms with E-state index in [2.05, 4.69) is 48.5 Å². The number of aliphatic imine (C=N–C) groups is 1. The minimum Gasteiger partial charge on any atom is -0.469 e. The van der Waals surface area contributed by atoms with Gasteiger partial charge < -0.3 is 15.1 Å². The molecule has 2 N–H and O–H groups in total. The van der Waals surface area contributed by atoms with E-state index < -0.39 is 0 Å². The highest BCUT2D eigenvalue weighted by molar-refractivity contribution is 14.0. The fraction of sp³-hybridized carbons (Fsp3) is 0.389. The summed E-state index contributed by atoms with van der Waals surface area (Å²) < 4.78 is 5.35. The fourth-order valence-electron chi connectivity index (χ4n) is 2.01. The molecule has 0 aliphatic heterocycles. The predicted molar refractivity (Wildman–Crippen MR) is 106 cm³/mol. The van der Waals surface area contributed by atoms with Crippen LogP contribution >= 0.6 is 24.0 Å². The summed E-state index contributed by atoms with van der Waals surface area (Å²) in [5, 5.41) is 6.78. The lowest BCUT2D eigenvalue weighted by Gasteiger charge is -2.24. The molecule has 2 rings (SSSR count). The van der Waals surface area contributed by atoms with Gasteiger partial charge in [0.25, 0.3) is 0 Å². The van der Waals surface area contributed by atoms with E-state index >= 15 is 0 Å². The van der Waals surface area contributed by atoms with Crippen LogP contribution in [0.1, 0.15) is 32.1 Å². The standard InChI is InChI=1S/C18H25N3O.HI/c1-18(2,3)21-17(19-12-11-16-10-7-13-22-16)20-14-15-8-5-4-6-9-15;/h4-10,13H,11-12,14H2,1-3H3,(H2,19,20,21);1H. The number of rotatable bonds is 5. The van der Waals surface area contributed by atoms with Crippen LogP contribution in [0.2, 0.25) is 0 Å². The second-order valence-electron chi connectivity index (χ2n) is 6.28. The van der Waals surface area contributed by atoms with E-state index in [0.717, 1.165) is 24.7 Å². The molecule has 1 aromatic heterocycles. The highest BCUT2D eigenvalue weighted by atomic mass is 127. The van der Waals surface area contributed by atoms with Gasteiger partial charge in [-0.2, -0.15) is 0 Å². The molecular formula is C18H26IN3O. The maximum absolute atomic E-state index is 5.35. The van der Waals surface area contributed by atoms with Gasteiger partial charge in [0.15, 0.2) is 5.96 Å². The third kappa shape index (κ3) is 8.06. The van der Waals surface area contributed by atoms with Crippen molar-refractivity contribution in [1.82, 2.24) is 10.6 Å². The molecule has 4 nitrogen and oxygen atoms in total.